The normalized spacial score (nSPS) is 23.7. The van der Waals surface area contributed by atoms with Crippen LogP contribution in [0.2, 0.25) is 0 Å². The molecule has 3 nitrogen and oxygen atoms in total. The second-order valence-electron chi connectivity index (χ2n) is 6.03. The van der Waals surface area contributed by atoms with Crippen molar-refractivity contribution in [2.24, 2.45) is 5.41 Å². The van der Waals surface area contributed by atoms with Crippen molar-refractivity contribution in [1.82, 2.24) is 10.2 Å². The first-order valence-corrected chi connectivity index (χ1v) is 8.16. The van der Waals surface area contributed by atoms with Crippen LogP contribution in [0.25, 0.3) is 0 Å². The van der Waals surface area contributed by atoms with Crippen LogP contribution in [-0.4, -0.2) is 37.0 Å². The van der Waals surface area contributed by atoms with Crippen LogP contribution in [0.3, 0.4) is 0 Å². The van der Waals surface area contributed by atoms with Crippen molar-refractivity contribution < 1.29 is 4.79 Å². The summed E-state index contributed by atoms with van der Waals surface area (Å²) in [5.74, 6) is 0.321. The fraction of sp³-hybridized carbons (Fsp3) is 0.667. The lowest BCUT2D eigenvalue weighted by Crippen LogP contribution is -2.45. The van der Waals surface area contributed by atoms with Crippen LogP contribution in [0.15, 0.2) is 16.8 Å². The minimum absolute atomic E-state index is 0.0157. The van der Waals surface area contributed by atoms with Crippen molar-refractivity contribution in [3.63, 3.8) is 0 Å². The maximum atomic E-state index is 12.5. The first-order chi connectivity index (χ1) is 9.20. The average molecular weight is 278 g/mol. The molecule has 0 aromatic carbocycles. The highest BCUT2D eigenvalue weighted by Crippen LogP contribution is 2.37. The van der Waals surface area contributed by atoms with Crippen LogP contribution in [0.1, 0.15) is 37.7 Å². The summed E-state index contributed by atoms with van der Waals surface area (Å²) in [6, 6.07) is 2.07. The summed E-state index contributed by atoms with van der Waals surface area (Å²) in [6.45, 7) is 6.21. The maximum absolute atomic E-state index is 12.5. The molecule has 104 valence electrons. The Morgan fingerprint density at radius 1 is 1.42 bits per heavy atom. The number of amides is 1. The van der Waals surface area contributed by atoms with Crippen molar-refractivity contribution in [2.45, 2.75) is 32.1 Å². The molecule has 2 saturated heterocycles. The smallest absolute Gasteiger partial charge is 0.229 e. The molecule has 1 N–H and O–H groups in total. The van der Waals surface area contributed by atoms with Gasteiger partial charge >= 0.3 is 0 Å². The molecule has 1 atom stereocenters. The van der Waals surface area contributed by atoms with Gasteiger partial charge in [-0.3, -0.25) is 4.79 Å². The molecule has 0 aliphatic carbocycles. The Morgan fingerprint density at radius 2 is 2.21 bits per heavy atom. The summed E-state index contributed by atoms with van der Waals surface area (Å²) in [4.78, 5) is 14.6. The zero-order valence-corrected chi connectivity index (χ0v) is 12.3. The summed E-state index contributed by atoms with van der Waals surface area (Å²) < 4.78 is 0. The summed E-state index contributed by atoms with van der Waals surface area (Å²) in [5, 5.41) is 7.61. The fourth-order valence-corrected chi connectivity index (χ4v) is 4.12. The molecule has 0 saturated carbocycles. The number of nitrogens with one attached hydrogen (secondary N) is 1. The largest absolute Gasteiger partial charge is 0.342 e. The molecule has 0 radical (unpaired) electrons. The van der Waals surface area contributed by atoms with Gasteiger partial charge in [0, 0.05) is 19.6 Å². The lowest BCUT2D eigenvalue weighted by atomic mass is 9.77. The second kappa shape index (κ2) is 5.25. The van der Waals surface area contributed by atoms with Gasteiger partial charge in [0.1, 0.15) is 0 Å². The Hall–Kier alpha value is -0.870. The van der Waals surface area contributed by atoms with E-state index in [0.29, 0.717) is 11.3 Å². The Balaban J connectivity index is 1.60. The van der Waals surface area contributed by atoms with Gasteiger partial charge in [0.25, 0.3) is 0 Å². The van der Waals surface area contributed by atoms with Crippen molar-refractivity contribution in [1.29, 1.82) is 0 Å². The van der Waals surface area contributed by atoms with E-state index in [-0.39, 0.29) is 5.92 Å². The van der Waals surface area contributed by atoms with Gasteiger partial charge in [0.05, 0.1) is 5.92 Å². The Morgan fingerprint density at radius 3 is 2.79 bits per heavy atom. The molecule has 3 rings (SSSR count). The highest BCUT2D eigenvalue weighted by Gasteiger charge is 2.38. The van der Waals surface area contributed by atoms with Gasteiger partial charge in [0.15, 0.2) is 0 Å². The molecule has 1 unspecified atom stereocenters. The molecule has 4 heteroatoms. The molecular formula is C15H22N2OS. The van der Waals surface area contributed by atoms with Crippen molar-refractivity contribution in [2.75, 3.05) is 26.2 Å². The van der Waals surface area contributed by atoms with E-state index in [2.05, 4.69) is 27.0 Å². The molecule has 19 heavy (non-hydrogen) atoms. The second-order valence-corrected chi connectivity index (χ2v) is 6.81. The van der Waals surface area contributed by atoms with Crippen LogP contribution < -0.4 is 5.32 Å². The third kappa shape index (κ3) is 2.56. The number of hydrogen-bond donors (Lipinski definition) is 1. The van der Waals surface area contributed by atoms with Crippen LogP contribution in [-0.2, 0) is 4.79 Å². The molecule has 2 fully saturated rings. The standard InChI is InChI=1S/C15H22N2OS/c1-12(13-2-9-19-10-13)14(18)17-7-4-15(5-8-17)3-6-16-11-15/h2,9-10,12,16H,3-8,11H2,1H3. The lowest BCUT2D eigenvalue weighted by molar-refractivity contribution is -0.134. The number of nitrogens with zero attached hydrogens (tertiary/aromatic N) is 1. The molecule has 2 aliphatic heterocycles. The zero-order valence-electron chi connectivity index (χ0n) is 11.5. The Labute approximate surface area is 119 Å². The molecular weight excluding hydrogens is 256 g/mol. The SMILES string of the molecule is CC(C(=O)N1CCC2(CCNC2)CC1)c1ccsc1. The summed E-state index contributed by atoms with van der Waals surface area (Å²) in [6.07, 6.45) is 3.62. The number of piperidine rings is 1. The van der Waals surface area contributed by atoms with Crippen LogP contribution >= 0.6 is 11.3 Å². The number of carbonyl (C=O) groups is 1. The number of rotatable bonds is 2. The summed E-state index contributed by atoms with van der Waals surface area (Å²) >= 11 is 1.67. The monoisotopic (exact) mass is 278 g/mol. The highest BCUT2D eigenvalue weighted by atomic mass is 32.1. The topological polar surface area (TPSA) is 32.3 Å². The molecule has 3 heterocycles. The van der Waals surface area contributed by atoms with E-state index in [0.717, 1.165) is 31.7 Å². The molecule has 1 aromatic rings. The number of carbonyl (C=O) groups excluding carboxylic acids is 1. The average Bonchev–Trinajstić information content (AvgIpc) is 3.10. The van der Waals surface area contributed by atoms with Crippen molar-refractivity contribution in [3.05, 3.63) is 22.4 Å². The predicted molar refractivity (Wildman–Crippen MR) is 78.5 cm³/mol. The first kappa shape index (κ1) is 13.1. The van der Waals surface area contributed by atoms with Gasteiger partial charge in [-0.15, -0.1) is 0 Å². The Kier molecular flexibility index (Phi) is 3.63. The lowest BCUT2D eigenvalue weighted by Gasteiger charge is -2.39. The van der Waals surface area contributed by atoms with Crippen LogP contribution in [0.4, 0.5) is 0 Å². The number of hydrogen-bond acceptors (Lipinski definition) is 3. The molecule has 1 amide bonds. The third-order valence-electron chi connectivity index (χ3n) is 4.88. The van der Waals surface area contributed by atoms with Gasteiger partial charge in [-0.25, -0.2) is 0 Å². The van der Waals surface area contributed by atoms with Gasteiger partial charge < -0.3 is 10.2 Å². The van der Waals surface area contributed by atoms with E-state index in [1.54, 1.807) is 11.3 Å². The highest BCUT2D eigenvalue weighted by molar-refractivity contribution is 7.08. The van der Waals surface area contributed by atoms with Crippen molar-refractivity contribution >= 4 is 17.2 Å². The van der Waals surface area contributed by atoms with Gasteiger partial charge in [-0.1, -0.05) is 0 Å². The first-order valence-electron chi connectivity index (χ1n) is 7.22. The molecule has 1 aromatic heterocycles. The molecule has 0 bridgehead atoms. The minimum atomic E-state index is 0.0157. The van der Waals surface area contributed by atoms with Gasteiger partial charge in [0.2, 0.25) is 5.91 Å². The van der Waals surface area contributed by atoms with Gasteiger partial charge in [-0.2, -0.15) is 11.3 Å². The number of likely N-dealkylation sites (tertiary alicyclic amines) is 1. The third-order valence-corrected chi connectivity index (χ3v) is 5.58. The summed E-state index contributed by atoms with van der Waals surface area (Å²) in [7, 11) is 0. The van der Waals surface area contributed by atoms with E-state index in [9.17, 15) is 4.79 Å². The van der Waals surface area contributed by atoms with E-state index in [4.69, 9.17) is 0 Å². The van der Waals surface area contributed by atoms with E-state index in [1.165, 1.54) is 19.3 Å². The quantitative estimate of drug-likeness (QED) is 0.901. The fourth-order valence-electron chi connectivity index (χ4n) is 3.36. The summed E-state index contributed by atoms with van der Waals surface area (Å²) in [5.41, 5.74) is 1.65. The van der Waals surface area contributed by atoms with Gasteiger partial charge in [-0.05, 0) is 60.5 Å². The zero-order chi connectivity index (χ0) is 13.3. The van der Waals surface area contributed by atoms with E-state index in [1.807, 2.05) is 6.92 Å². The van der Waals surface area contributed by atoms with Crippen molar-refractivity contribution in [3.8, 4) is 0 Å². The molecule has 2 aliphatic rings. The van der Waals surface area contributed by atoms with E-state index < -0.39 is 0 Å². The minimum Gasteiger partial charge on any atom is -0.342 e. The predicted octanol–water partition coefficient (Wildman–Crippen LogP) is 2.45. The van der Waals surface area contributed by atoms with Crippen LogP contribution in [0, 0.1) is 5.41 Å². The number of thiophene rings is 1. The Bertz CT molecular complexity index is 427. The van der Waals surface area contributed by atoms with E-state index >= 15 is 0 Å². The maximum Gasteiger partial charge on any atom is 0.229 e. The molecule has 1 spiro atoms. The van der Waals surface area contributed by atoms with Crippen LogP contribution in [0.5, 0.6) is 0 Å².